The topological polar surface area (TPSA) is 110 Å². The van der Waals surface area contributed by atoms with E-state index in [9.17, 15) is 19.7 Å². The average Bonchev–Trinajstić information content (AvgIpc) is 2.89. The summed E-state index contributed by atoms with van der Waals surface area (Å²) < 4.78 is 0. The molecule has 2 rings (SSSR count). The van der Waals surface area contributed by atoms with Gasteiger partial charge in [0.15, 0.2) is 0 Å². The first-order valence-electron chi connectivity index (χ1n) is 6.25. The number of carboxylic acid groups (broad SMARTS) is 1. The van der Waals surface area contributed by atoms with Crippen LogP contribution in [-0.4, -0.2) is 27.9 Å². The quantitative estimate of drug-likeness (QED) is 0.653. The number of aliphatic carboxylic acids is 1. The van der Waals surface area contributed by atoms with Crippen LogP contribution in [0.5, 0.6) is 0 Å². The lowest BCUT2D eigenvalue weighted by molar-refractivity contribution is -0.380. The third-order valence-corrected chi connectivity index (χ3v) is 4.31. The summed E-state index contributed by atoms with van der Waals surface area (Å²) in [5.41, 5.74) is 0.205. The van der Waals surface area contributed by atoms with E-state index in [1.807, 2.05) is 0 Å². The highest BCUT2D eigenvalue weighted by Crippen LogP contribution is 2.26. The molecular weight excluding hydrogens is 284 g/mol. The van der Waals surface area contributed by atoms with Gasteiger partial charge in [-0.15, -0.1) is 0 Å². The number of nitrogens with one attached hydrogen (secondary N) is 1. The largest absolute Gasteiger partial charge is 0.481 e. The molecule has 2 atom stereocenters. The number of thiophene rings is 1. The van der Waals surface area contributed by atoms with Crippen molar-refractivity contribution < 1.29 is 19.6 Å². The zero-order valence-electron chi connectivity index (χ0n) is 10.6. The number of carboxylic acids is 1. The summed E-state index contributed by atoms with van der Waals surface area (Å²) >= 11 is 0.879. The molecule has 2 N–H and O–H groups in total. The van der Waals surface area contributed by atoms with Crippen molar-refractivity contribution in [2.75, 3.05) is 0 Å². The van der Waals surface area contributed by atoms with Crippen LogP contribution in [0.1, 0.15) is 36.0 Å². The molecule has 1 fully saturated rings. The van der Waals surface area contributed by atoms with Gasteiger partial charge in [-0.25, -0.2) is 0 Å². The van der Waals surface area contributed by atoms with Gasteiger partial charge in [-0.1, -0.05) is 24.2 Å². The number of carbonyl (C=O) groups excluding carboxylic acids is 1. The van der Waals surface area contributed by atoms with Gasteiger partial charge < -0.3 is 10.4 Å². The van der Waals surface area contributed by atoms with E-state index in [0.717, 1.165) is 24.2 Å². The molecule has 0 bridgehead atoms. The SMILES string of the molecule is O=C(NC1CCCCC1C(=O)O)c1csc([N+](=O)[O-])c1. The van der Waals surface area contributed by atoms with Gasteiger partial charge in [0.25, 0.3) is 5.91 Å². The normalized spacial score (nSPS) is 22.2. The number of carbonyl (C=O) groups is 2. The Morgan fingerprint density at radius 2 is 2.10 bits per heavy atom. The molecule has 1 aromatic rings. The van der Waals surface area contributed by atoms with E-state index in [0.29, 0.717) is 12.8 Å². The molecule has 1 aromatic heterocycles. The lowest BCUT2D eigenvalue weighted by Gasteiger charge is -2.29. The summed E-state index contributed by atoms with van der Waals surface area (Å²) in [6, 6.07) is 0.797. The zero-order valence-corrected chi connectivity index (χ0v) is 11.4. The van der Waals surface area contributed by atoms with Crippen molar-refractivity contribution in [3.05, 3.63) is 27.1 Å². The van der Waals surface area contributed by atoms with Gasteiger partial charge in [-0.05, 0) is 12.8 Å². The fourth-order valence-electron chi connectivity index (χ4n) is 2.39. The van der Waals surface area contributed by atoms with Crippen molar-refractivity contribution in [1.29, 1.82) is 0 Å². The number of hydrogen-bond donors (Lipinski definition) is 2. The van der Waals surface area contributed by atoms with E-state index < -0.39 is 28.8 Å². The Labute approximate surface area is 118 Å². The first-order chi connectivity index (χ1) is 9.49. The van der Waals surface area contributed by atoms with Gasteiger partial charge in [0, 0.05) is 17.5 Å². The average molecular weight is 298 g/mol. The number of rotatable bonds is 4. The molecule has 1 amide bonds. The molecule has 0 radical (unpaired) electrons. The minimum atomic E-state index is -0.911. The summed E-state index contributed by atoms with van der Waals surface area (Å²) in [4.78, 5) is 33.2. The molecule has 1 heterocycles. The minimum absolute atomic E-state index is 0.103. The smallest absolute Gasteiger partial charge is 0.324 e. The van der Waals surface area contributed by atoms with Crippen LogP contribution in [0, 0.1) is 16.0 Å². The standard InChI is InChI=1S/C12H14N2O5S/c15-11(7-5-10(14(18)19)20-6-7)13-9-4-2-1-3-8(9)12(16)17/h5-6,8-9H,1-4H2,(H,13,15)(H,16,17). The zero-order chi connectivity index (χ0) is 14.7. The lowest BCUT2D eigenvalue weighted by atomic mass is 9.84. The van der Waals surface area contributed by atoms with Crippen LogP contribution in [0.15, 0.2) is 11.4 Å². The fourth-order valence-corrected chi connectivity index (χ4v) is 3.09. The van der Waals surface area contributed by atoms with Crippen LogP contribution >= 0.6 is 11.3 Å². The second-order valence-corrected chi connectivity index (χ2v) is 5.63. The Morgan fingerprint density at radius 3 is 2.70 bits per heavy atom. The second kappa shape index (κ2) is 6.00. The first-order valence-corrected chi connectivity index (χ1v) is 7.13. The van der Waals surface area contributed by atoms with Crippen molar-refractivity contribution in [3.8, 4) is 0 Å². The fraction of sp³-hybridized carbons (Fsp3) is 0.500. The summed E-state index contributed by atoms with van der Waals surface area (Å²) in [6.45, 7) is 0. The molecule has 1 saturated carbocycles. The van der Waals surface area contributed by atoms with Crippen molar-refractivity contribution in [2.24, 2.45) is 5.92 Å². The minimum Gasteiger partial charge on any atom is -0.481 e. The highest BCUT2D eigenvalue weighted by Gasteiger charge is 2.32. The highest BCUT2D eigenvalue weighted by atomic mass is 32.1. The van der Waals surface area contributed by atoms with Gasteiger partial charge in [-0.2, -0.15) is 0 Å². The Bertz CT molecular complexity index is 542. The Kier molecular flexibility index (Phi) is 4.33. The summed E-state index contributed by atoms with van der Waals surface area (Å²) in [5, 5.41) is 23.7. The maximum absolute atomic E-state index is 12.0. The van der Waals surface area contributed by atoms with Gasteiger partial charge >= 0.3 is 11.0 Å². The number of nitro groups is 1. The van der Waals surface area contributed by atoms with Gasteiger partial charge in [0.05, 0.1) is 16.4 Å². The third kappa shape index (κ3) is 3.13. The van der Waals surface area contributed by atoms with Gasteiger partial charge in [0.1, 0.15) is 0 Å². The summed E-state index contributed by atoms with van der Waals surface area (Å²) in [6.07, 6.45) is 2.88. The Balaban J connectivity index is 2.05. The van der Waals surface area contributed by atoms with E-state index >= 15 is 0 Å². The molecule has 2 unspecified atom stereocenters. The Hall–Kier alpha value is -1.96. The second-order valence-electron chi connectivity index (χ2n) is 4.74. The third-order valence-electron chi connectivity index (χ3n) is 3.43. The van der Waals surface area contributed by atoms with Crippen LogP contribution in [0.3, 0.4) is 0 Å². The number of amides is 1. The molecule has 108 valence electrons. The Morgan fingerprint density at radius 1 is 1.40 bits per heavy atom. The van der Waals surface area contributed by atoms with Crippen molar-refractivity contribution in [3.63, 3.8) is 0 Å². The molecule has 0 saturated heterocycles. The van der Waals surface area contributed by atoms with E-state index in [2.05, 4.69) is 5.32 Å². The molecule has 7 nitrogen and oxygen atoms in total. The molecule has 1 aliphatic rings. The molecule has 0 spiro atoms. The molecule has 1 aliphatic carbocycles. The number of hydrogen-bond acceptors (Lipinski definition) is 5. The van der Waals surface area contributed by atoms with Crippen molar-refractivity contribution in [2.45, 2.75) is 31.7 Å². The monoisotopic (exact) mass is 298 g/mol. The summed E-state index contributed by atoms with van der Waals surface area (Å²) in [5.74, 6) is -1.94. The predicted molar refractivity (Wildman–Crippen MR) is 71.8 cm³/mol. The van der Waals surface area contributed by atoms with Crippen LogP contribution < -0.4 is 5.32 Å². The van der Waals surface area contributed by atoms with Crippen LogP contribution in [-0.2, 0) is 4.79 Å². The maximum Gasteiger partial charge on any atom is 0.324 e. The van der Waals surface area contributed by atoms with Gasteiger partial charge in [-0.3, -0.25) is 19.7 Å². The van der Waals surface area contributed by atoms with E-state index in [4.69, 9.17) is 5.11 Å². The van der Waals surface area contributed by atoms with Crippen LogP contribution in [0.4, 0.5) is 5.00 Å². The molecule has 20 heavy (non-hydrogen) atoms. The van der Waals surface area contributed by atoms with Gasteiger partial charge in [0.2, 0.25) is 0 Å². The predicted octanol–water partition coefficient (Wildman–Crippen LogP) is 2.03. The van der Waals surface area contributed by atoms with Crippen LogP contribution in [0.2, 0.25) is 0 Å². The highest BCUT2D eigenvalue weighted by molar-refractivity contribution is 7.13. The molecule has 0 aliphatic heterocycles. The number of nitrogens with zero attached hydrogens (tertiary/aromatic N) is 1. The van der Waals surface area contributed by atoms with Crippen LogP contribution in [0.25, 0.3) is 0 Å². The lowest BCUT2D eigenvalue weighted by Crippen LogP contribution is -2.45. The molecule has 0 aromatic carbocycles. The van der Waals surface area contributed by atoms with Crippen molar-refractivity contribution >= 4 is 28.2 Å². The molecular formula is C12H14N2O5S. The molecule has 8 heteroatoms. The van der Waals surface area contributed by atoms with E-state index in [1.165, 1.54) is 11.4 Å². The van der Waals surface area contributed by atoms with E-state index in [-0.39, 0.29) is 10.6 Å². The first kappa shape index (κ1) is 14.4. The van der Waals surface area contributed by atoms with Crippen molar-refractivity contribution in [1.82, 2.24) is 5.32 Å². The summed E-state index contributed by atoms with van der Waals surface area (Å²) in [7, 11) is 0. The van der Waals surface area contributed by atoms with E-state index in [1.54, 1.807) is 0 Å². The maximum atomic E-state index is 12.0.